The summed E-state index contributed by atoms with van der Waals surface area (Å²) in [6.45, 7) is 15.9. The van der Waals surface area contributed by atoms with E-state index >= 15 is 0 Å². The Hall–Kier alpha value is -4.13. The van der Waals surface area contributed by atoms with Crippen molar-refractivity contribution in [3.05, 3.63) is 53.1 Å². The number of allylic oxidation sites excluding steroid dienone is 1. The fraction of sp³-hybridized carbons (Fsp3) is 0.636. The maximum atomic E-state index is 14.5. The van der Waals surface area contributed by atoms with Gasteiger partial charge in [-0.25, -0.2) is 4.79 Å². The summed E-state index contributed by atoms with van der Waals surface area (Å²) in [4.78, 5) is 80.1. The van der Waals surface area contributed by atoms with Crippen LogP contribution in [0.3, 0.4) is 0 Å². The first-order valence-electron chi connectivity index (χ1n) is 20.5. The topological polar surface area (TPSA) is 138 Å². The number of fused-ring (bicyclic) bond motifs is 2. The number of carbonyl (C=O) groups is 5. The van der Waals surface area contributed by atoms with Crippen LogP contribution in [0.2, 0.25) is 0 Å². The lowest BCUT2D eigenvalue weighted by Gasteiger charge is -2.38. The number of hydrogen-bond acceptors (Lipinski definition) is 9. The van der Waals surface area contributed by atoms with Crippen molar-refractivity contribution in [2.24, 2.45) is 22.7 Å². The number of esters is 1. The molecule has 3 heterocycles. The van der Waals surface area contributed by atoms with Gasteiger partial charge < -0.3 is 29.5 Å². The average Bonchev–Trinajstić information content (AvgIpc) is 3.88. The van der Waals surface area contributed by atoms with E-state index in [-0.39, 0.29) is 42.2 Å². The van der Waals surface area contributed by atoms with E-state index in [1.807, 2.05) is 52.8 Å². The first-order valence-corrected chi connectivity index (χ1v) is 21.5. The fourth-order valence-electron chi connectivity index (χ4n) is 7.66. The van der Waals surface area contributed by atoms with Crippen LogP contribution in [0.5, 0.6) is 5.75 Å². The van der Waals surface area contributed by atoms with Crippen molar-refractivity contribution in [1.29, 1.82) is 0 Å². The number of methoxy groups -OCH3 is 1. The van der Waals surface area contributed by atoms with Crippen LogP contribution >= 0.6 is 11.8 Å². The normalized spacial score (nSPS) is 30.3. The molecule has 4 amide bonds. The van der Waals surface area contributed by atoms with Crippen LogP contribution in [0.4, 0.5) is 0 Å². The molecule has 13 heteroatoms. The number of aliphatic imine (C=N–C) groups is 1. The Morgan fingerprint density at radius 1 is 0.965 bits per heavy atom. The molecule has 314 valence electrons. The van der Waals surface area contributed by atoms with E-state index in [1.165, 1.54) is 9.80 Å². The zero-order valence-corrected chi connectivity index (χ0v) is 36.7. The Bertz CT molecular complexity index is 1710. The lowest BCUT2D eigenvalue weighted by molar-refractivity contribution is -0.163. The van der Waals surface area contributed by atoms with E-state index in [1.54, 1.807) is 63.8 Å². The minimum absolute atomic E-state index is 0.0750. The molecule has 0 spiro atoms. The number of rotatable bonds is 6. The number of nitrogens with zero attached hydrogens (tertiary/aromatic N) is 4. The highest BCUT2D eigenvalue weighted by Crippen LogP contribution is 2.29. The number of thioether (sulfide) groups is 1. The van der Waals surface area contributed by atoms with Crippen LogP contribution in [0, 0.1) is 17.8 Å². The molecule has 57 heavy (non-hydrogen) atoms. The van der Waals surface area contributed by atoms with Crippen molar-refractivity contribution in [3.8, 4) is 5.75 Å². The molecule has 3 aliphatic heterocycles. The summed E-state index contributed by atoms with van der Waals surface area (Å²) in [5, 5.41) is 3.88. The summed E-state index contributed by atoms with van der Waals surface area (Å²) in [7, 11) is 4.71. The van der Waals surface area contributed by atoms with E-state index < -0.39 is 47.9 Å². The van der Waals surface area contributed by atoms with E-state index in [2.05, 4.69) is 18.3 Å². The molecule has 3 aliphatic rings. The second-order valence-electron chi connectivity index (χ2n) is 16.5. The standard InChI is InChI=1S/C44H65N5O7S/c1-12-28(5)38-43(53)49-21-13-14-36(49)44(54)56-37(26(2)3)22-27(4)15-16-29(6)40-45-33(25-57-40)23-30(7)39(50)46-35(24-32-17-19-34(55-11)20-18-32)42(52)47(9)31(8)41(51)48(38)10/h16-20,23,26-28,31,33,35-38H,12-15,21-22,24-25H2,1-11H3,(H,46,50)/b29-16-,30-23+/t27?,28?,31-,33+,35-,36-,37+,38+/m1/s1. The van der Waals surface area contributed by atoms with Gasteiger partial charge in [0.25, 0.3) is 0 Å². The zero-order valence-electron chi connectivity index (χ0n) is 35.9. The monoisotopic (exact) mass is 807 g/mol. The van der Waals surface area contributed by atoms with Gasteiger partial charge in [-0.05, 0) is 87.5 Å². The second-order valence-corrected chi connectivity index (χ2v) is 17.5. The van der Waals surface area contributed by atoms with E-state index in [0.717, 1.165) is 22.6 Å². The van der Waals surface area contributed by atoms with Gasteiger partial charge in [-0.15, -0.1) is 11.8 Å². The highest BCUT2D eigenvalue weighted by atomic mass is 32.2. The molecule has 1 aromatic carbocycles. The molecule has 0 aromatic heterocycles. The number of amides is 4. The Kier molecular flexibility index (Phi) is 16.4. The molecule has 8 atom stereocenters. The fourth-order valence-corrected chi connectivity index (χ4v) is 8.68. The minimum atomic E-state index is -1.00. The Labute approximate surface area is 344 Å². The third-order valence-corrected chi connectivity index (χ3v) is 13.0. The van der Waals surface area contributed by atoms with Crippen LogP contribution in [0.15, 0.2) is 52.6 Å². The molecule has 0 aliphatic carbocycles. The molecule has 2 bridgehead atoms. The Morgan fingerprint density at radius 2 is 1.65 bits per heavy atom. The molecule has 12 nitrogen and oxygen atoms in total. The molecular weight excluding hydrogens is 743 g/mol. The second kappa shape index (κ2) is 20.5. The summed E-state index contributed by atoms with van der Waals surface area (Å²) in [6.07, 6.45) is 7.05. The van der Waals surface area contributed by atoms with Gasteiger partial charge in [0, 0.05) is 38.4 Å². The van der Waals surface area contributed by atoms with Crippen LogP contribution in [0.25, 0.3) is 0 Å². The van der Waals surface area contributed by atoms with Crippen molar-refractivity contribution >= 4 is 46.4 Å². The molecule has 1 saturated heterocycles. The Morgan fingerprint density at radius 3 is 2.28 bits per heavy atom. The zero-order chi connectivity index (χ0) is 42.1. The molecular formula is C44H65N5O7S. The lowest BCUT2D eigenvalue weighted by atomic mass is 9.93. The number of hydrogen-bond donors (Lipinski definition) is 1. The average molecular weight is 808 g/mol. The van der Waals surface area contributed by atoms with Crippen molar-refractivity contribution < 1.29 is 33.4 Å². The van der Waals surface area contributed by atoms with Gasteiger partial charge in [0.1, 0.15) is 36.0 Å². The number of benzene rings is 1. The van der Waals surface area contributed by atoms with Gasteiger partial charge >= 0.3 is 5.97 Å². The summed E-state index contributed by atoms with van der Waals surface area (Å²) >= 11 is 1.65. The largest absolute Gasteiger partial charge is 0.497 e. The number of ether oxygens (including phenoxy) is 2. The summed E-state index contributed by atoms with van der Waals surface area (Å²) in [5.41, 5.74) is 2.30. The molecule has 0 radical (unpaired) electrons. The summed E-state index contributed by atoms with van der Waals surface area (Å²) in [6, 6.07) is 3.47. The molecule has 1 aromatic rings. The highest BCUT2D eigenvalue weighted by Gasteiger charge is 2.44. The molecule has 1 N–H and O–H groups in total. The van der Waals surface area contributed by atoms with Crippen molar-refractivity contribution in [1.82, 2.24) is 20.0 Å². The van der Waals surface area contributed by atoms with E-state index in [4.69, 9.17) is 14.5 Å². The van der Waals surface area contributed by atoms with Crippen LogP contribution < -0.4 is 10.1 Å². The predicted octanol–water partition coefficient (Wildman–Crippen LogP) is 5.84. The van der Waals surface area contributed by atoms with Gasteiger partial charge in [0.15, 0.2) is 0 Å². The minimum Gasteiger partial charge on any atom is -0.497 e. The van der Waals surface area contributed by atoms with Crippen LogP contribution in [-0.2, 0) is 35.1 Å². The van der Waals surface area contributed by atoms with Crippen LogP contribution in [0.1, 0.15) is 93.1 Å². The quantitative estimate of drug-likeness (QED) is 0.355. The SMILES string of the molecule is CCC(C)[C@H]1C(=O)N2CCC[C@@H]2C(=O)O[C@H](C(C)C)CC(C)C/C=C(/C)C2=N[C@@H](/C=C(\C)C(=O)N[C@H](Cc3ccc(OC)cc3)C(=O)N(C)[C@H](C)C(=O)N1C)CS2. The molecule has 1 fully saturated rings. The maximum Gasteiger partial charge on any atom is 0.329 e. The third kappa shape index (κ3) is 11.5. The number of nitrogens with one attached hydrogen (secondary N) is 1. The number of carbonyl (C=O) groups excluding carboxylic acids is 5. The first kappa shape index (κ1) is 45.6. The predicted molar refractivity (Wildman–Crippen MR) is 226 cm³/mol. The number of cyclic esters (lactones) is 1. The highest BCUT2D eigenvalue weighted by molar-refractivity contribution is 8.14. The van der Waals surface area contributed by atoms with Crippen molar-refractivity contribution in [2.45, 2.75) is 130 Å². The first-order chi connectivity index (χ1) is 27.0. The van der Waals surface area contributed by atoms with Crippen LogP contribution in [-0.4, -0.2) is 119 Å². The molecule has 2 unspecified atom stereocenters. The molecule has 0 saturated carbocycles. The van der Waals surface area contributed by atoms with E-state index in [9.17, 15) is 24.0 Å². The summed E-state index contributed by atoms with van der Waals surface area (Å²) < 4.78 is 11.5. The van der Waals surface area contributed by atoms with Gasteiger partial charge in [-0.3, -0.25) is 24.2 Å². The van der Waals surface area contributed by atoms with Gasteiger partial charge in [0.2, 0.25) is 23.6 Å². The molecule has 4 rings (SSSR count). The van der Waals surface area contributed by atoms with Gasteiger partial charge in [-0.1, -0.05) is 65.3 Å². The van der Waals surface area contributed by atoms with Gasteiger partial charge in [0.05, 0.1) is 18.2 Å². The Balaban J connectivity index is 1.73. The maximum absolute atomic E-state index is 14.5. The van der Waals surface area contributed by atoms with Crippen molar-refractivity contribution in [3.63, 3.8) is 0 Å². The number of likely N-dealkylation sites (N-methyl/N-ethyl adjacent to an activating group) is 2. The third-order valence-electron chi connectivity index (χ3n) is 11.8. The lowest BCUT2D eigenvalue weighted by Crippen LogP contribution is -2.59. The summed E-state index contributed by atoms with van der Waals surface area (Å²) in [5.74, 6) is -0.586. The smallest absolute Gasteiger partial charge is 0.329 e. The van der Waals surface area contributed by atoms with Crippen molar-refractivity contribution in [2.75, 3.05) is 33.5 Å². The van der Waals surface area contributed by atoms with Gasteiger partial charge in [-0.2, -0.15) is 0 Å². The van der Waals surface area contributed by atoms with E-state index in [0.29, 0.717) is 49.3 Å².